The van der Waals surface area contributed by atoms with Crippen LogP contribution in [0.15, 0.2) is 71.7 Å². The fraction of sp³-hybridized carbons (Fsp3) is 0.296. The van der Waals surface area contributed by atoms with Gasteiger partial charge < -0.3 is 4.74 Å². The molecule has 3 aromatic carbocycles. The molecule has 3 aromatic rings. The van der Waals surface area contributed by atoms with E-state index in [-0.39, 0.29) is 45.9 Å². The highest BCUT2D eigenvalue weighted by Gasteiger charge is 2.36. The minimum atomic E-state index is -4.71. The monoisotopic (exact) mass is 577 g/mol. The summed E-state index contributed by atoms with van der Waals surface area (Å²) in [5, 5.41) is 0.830. The molecule has 39 heavy (non-hydrogen) atoms. The highest BCUT2D eigenvalue weighted by Crippen LogP contribution is 2.39. The van der Waals surface area contributed by atoms with E-state index in [2.05, 4.69) is 4.99 Å². The molecule has 208 valence electrons. The number of halogens is 9. The summed E-state index contributed by atoms with van der Waals surface area (Å²) >= 11 is 0. The van der Waals surface area contributed by atoms with Gasteiger partial charge in [0.1, 0.15) is 6.61 Å². The van der Waals surface area contributed by atoms with Crippen LogP contribution in [-0.2, 0) is 23.3 Å². The molecule has 0 aromatic heterocycles. The van der Waals surface area contributed by atoms with Crippen molar-refractivity contribution in [2.24, 2.45) is 10.9 Å². The van der Waals surface area contributed by atoms with E-state index in [1.165, 1.54) is 30.3 Å². The number of hydrogen-bond donors (Lipinski definition) is 0. The lowest BCUT2D eigenvalue weighted by Gasteiger charge is -2.24. The summed E-state index contributed by atoms with van der Waals surface area (Å²) in [5.74, 6) is -0.0378. The van der Waals surface area contributed by atoms with Gasteiger partial charge >= 0.3 is 18.5 Å². The lowest BCUT2D eigenvalue weighted by atomic mass is 10.1. The second-order valence-corrected chi connectivity index (χ2v) is 11.4. The van der Waals surface area contributed by atoms with Gasteiger partial charge in [-0.2, -0.15) is 39.5 Å². The molecule has 1 heterocycles. The van der Waals surface area contributed by atoms with Crippen LogP contribution in [0.4, 0.5) is 39.5 Å². The molecule has 0 bridgehead atoms. The van der Waals surface area contributed by atoms with Crippen molar-refractivity contribution in [1.29, 1.82) is 0 Å². The van der Waals surface area contributed by atoms with E-state index in [9.17, 15) is 39.5 Å². The van der Waals surface area contributed by atoms with Gasteiger partial charge in [0.05, 0.1) is 22.7 Å². The summed E-state index contributed by atoms with van der Waals surface area (Å²) < 4.78 is 126. The number of hydrogen-bond acceptors (Lipinski definition) is 2. The molecule has 0 radical (unpaired) electrons. The van der Waals surface area contributed by atoms with Crippen molar-refractivity contribution in [2.75, 3.05) is 6.61 Å². The van der Waals surface area contributed by atoms with Gasteiger partial charge in [-0.25, -0.2) is 4.99 Å². The number of aliphatic imine (C=N–C) groups is 1. The molecule has 0 unspecified atom stereocenters. The summed E-state index contributed by atoms with van der Waals surface area (Å²) in [4.78, 5) is 4.44. The third-order valence-corrected chi connectivity index (χ3v) is 8.65. The number of nitrogens with zero attached hydrogens (tertiary/aromatic N) is 1. The maximum Gasteiger partial charge on any atom is 0.416 e. The minimum absolute atomic E-state index is 0.0149. The van der Waals surface area contributed by atoms with Crippen LogP contribution in [0, 0.1) is 5.92 Å². The first-order chi connectivity index (χ1) is 18.1. The van der Waals surface area contributed by atoms with Crippen molar-refractivity contribution in [1.82, 2.24) is 0 Å². The summed E-state index contributed by atoms with van der Waals surface area (Å²) in [5.41, 5.74) is -2.89. The van der Waals surface area contributed by atoms with E-state index in [1.54, 1.807) is 0 Å². The van der Waals surface area contributed by atoms with Gasteiger partial charge in [0.2, 0.25) is 5.90 Å². The number of alkyl halides is 9. The van der Waals surface area contributed by atoms with Crippen molar-refractivity contribution in [3.8, 4) is 0 Å². The quantitative estimate of drug-likeness (QED) is 0.230. The zero-order valence-electron chi connectivity index (χ0n) is 20.4. The van der Waals surface area contributed by atoms with Gasteiger partial charge in [0, 0.05) is 5.56 Å². The first kappa shape index (κ1) is 28.9. The molecule has 0 saturated carbocycles. The van der Waals surface area contributed by atoms with Crippen molar-refractivity contribution >= 4 is 29.7 Å². The molecule has 1 aliphatic rings. The number of ether oxygens (including phenoxy) is 1. The van der Waals surface area contributed by atoms with E-state index < -0.39 is 43.1 Å². The summed E-state index contributed by atoms with van der Waals surface area (Å²) in [6, 6.07) is 10.6. The van der Waals surface area contributed by atoms with E-state index in [4.69, 9.17) is 4.74 Å². The Morgan fingerprint density at radius 3 is 1.51 bits per heavy atom. The molecule has 0 amide bonds. The van der Waals surface area contributed by atoms with Gasteiger partial charge in [-0.05, 0) is 66.2 Å². The fourth-order valence-corrected chi connectivity index (χ4v) is 6.36. The van der Waals surface area contributed by atoms with Crippen molar-refractivity contribution in [3.05, 3.63) is 89.0 Å². The molecule has 4 rings (SSSR count). The predicted octanol–water partition coefficient (Wildman–Crippen LogP) is 7.30. The van der Waals surface area contributed by atoms with Crippen molar-refractivity contribution in [3.63, 3.8) is 0 Å². The lowest BCUT2D eigenvalue weighted by molar-refractivity contribution is -0.138. The van der Waals surface area contributed by atoms with Crippen LogP contribution in [0.2, 0.25) is 0 Å². The van der Waals surface area contributed by atoms with E-state index in [0.717, 1.165) is 36.4 Å². The van der Waals surface area contributed by atoms with Gasteiger partial charge in [-0.15, -0.1) is 0 Å². The Labute approximate surface area is 219 Å². The molecule has 0 spiro atoms. The predicted molar refractivity (Wildman–Crippen MR) is 131 cm³/mol. The molecular weight excluding hydrogens is 556 g/mol. The summed E-state index contributed by atoms with van der Waals surface area (Å²) in [7, 11) is -1.92. The molecule has 1 aliphatic heterocycles. The maximum atomic E-state index is 13.7. The molecule has 2 nitrogen and oxygen atoms in total. The molecular formula is C27H21F9NOP. The van der Waals surface area contributed by atoms with E-state index in [1.807, 2.05) is 13.8 Å². The molecule has 0 fully saturated rings. The highest BCUT2D eigenvalue weighted by atomic mass is 31.1. The van der Waals surface area contributed by atoms with Crippen LogP contribution in [0.5, 0.6) is 0 Å². The maximum absolute atomic E-state index is 13.7. The van der Waals surface area contributed by atoms with Crippen molar-refractivity contribution in [2.45, 2.75) is 38.4 Å². The molecule has 12 heteroatoms. The molecule has 0 N–H and O–H groups in total. The largest absolute Gasteiger partial charge is 0.475 e. The lowest BCUT2D eigenvalue weighted by Crippen LogP contribution is -2.27. The molecule has 0 saturated heterocycles. The number of rotatable bonds is 5. The average Bonchev–Trinajstić information content (AvgIpc) is 3.34. The topological polar surface area (TPSA) is 21.6 Å². The van der Waals surface area contributed by atoms with Crippen LogP contribution in [0.3, 0.4) is 0 Å². The SMILES string of the molecule is CC(C)[C@H]1COC(c2cc(C(F)(F)F)ccc2P(c2ccc(C(F)(F)F)cc2)c2ccc(C(F)(F)F)cc2)=N1. The smallest absolute Gasteiger partial charge is 0.416 e. The fourth-order valence-electron chi connectivity index (χ4n) is 3.98. The van der Waals surface area contributed by atoms with Crippen molar-refractivity contribution < 1.29 is 44.3 Å². The average molecular weight is 577 g/mol. The second kappa shape index (κ2) is 10.5. The zero-order valence-corrected chi connectivity index (χ0v) is 21.3. The van der Waals surface area contributed by atoms with Gasteiger partial charge in [0.15, 0.2) is 0 Å². The second-order valence-electron chi connectivity index (χ2n) is 9.21. The highest BCUT2D eigenvalue weighted by molar-refractivity contribution is 7.80. The Bertz CT molecular complexity index is 1280. The Hall–Kier alpha value is -3.07. The van der Waals surface area contributed by atoms with Crippen LogP contribution >= 0.6 is 7.92 Å². The van der Waals surface area contributed by atoms with Crippen LogP contribution in [0.25, 0.3) is 0 Å². The third-order valence-electron chi connectivity index (χ3n) is 6.14. The zero-order chi connectivity index (χ0) is 28.8. The Morgan fingerprint density at radius 2 is 1.13 bits per heavy atom. The van der Waals surface area contributed by atoms with Crippen LogP contribution in [-0.4, -0.2) is 18.5 Å². The first-order valence-corrected chi connectivity index (χ1v) is 13.0. The van der Waals surface area contributed by atoms with Crippen LogP contribution < -0.4 is 15.9 Å². The summed E-state index contributed by atoms with van der Waals surface area (Å²) in [6.07, 6.45) is -14.0. The van der Waals surface area contributed by atoms with Crippen LogP contribution in [0.1, 0.15) is 36.1 Å². The standard InChI is InChI=1S/C27H21F9NOP/c1-15(2)22-14-38-24(37-22)21-13-18(27(34,35)36)7-12-23(21)39(19-8-3-16(4-9-19)25(28,29)30)20-10-5-17(6-11-20)26(31,32)33/h3-13,15,22H,14H2,1-2H3/t22-/m1/s1. The van der Waals surface area contributed by atoms with Gasteiger partial charge in [-0.1, -0.05) is 44.2 Å². The third kappa shape index (κ3) is 6.40. The first-order valence-electron chi connectivity index (χ1n) is 11.6. The molecule has 1 atom stereocenters. The van der Waals surface area contributed by atoms with Gasteiger partial charge in [-0.3, -0.25) is 0 Å². The van der Waals surface area contributed by atoms with E-state index in [0.29, 0.717) is 0 Å². The summed E-state index contributed by atoms with van der Waals surface area (Å²) in [6.45, 7) is 3.86. The minimum Gasteiger partial charge on any atom is -0.475 e. The van der Waals surface area contributed by atoms with Gasteiger partial charge in [0.25, 0.3) is 0 Å². The Morgan fingerprint density at radius 1 is 0.692 bits per heavy atom. The number of benzene rings is 3. The molecule has 0 aliphatic carbocycles. The Balaban J connectivity index is 1.94. The normalized spacial score (nSPS) is 16.5. The van der Waals surface area contributed by atoms with E-state index >= 15 is 0 Å². The Kier molecular flexibility index (Phi) is 7.78.